The monoisotopic (exact) mass is 448 g/mol. The number of aromatic nitrogens is 3. The first-order valence-corrected chi connectivity index (χ1v) is 12.0. The lowest BCUT2D eigenvalue weighted by molar-refractivity contribution is -0.113. The van der Waals surface area contributed by atoms with Gasteiger partial charge in [0, 0.05) is 33.4 Å². The molecule has 0 radical (unpaired) electrons. The lowest BCUT2D eigenvalue weighted by atomic mass is 10.1. The molecule has 0 fully saturated rings. The van der Waals surface area contributed by atoms with Crippen molar-refractivity contribution in [3.63, 3.8) is 0 Å². The molecule has 0 atom stereocenters. The van der Waals surface area contributed by atoms with Crippen LogP contribution in [0.15, 0.2) is 65.7 Å². The van der Waals surface area contributed by atoms with Crippen LogP contribution < -0.4 is 5.32 Å². The Balaban J connectivity index is 1.52. The number of benzene rings is 2. The van der Waals surface area contributed by atoms with Crippen LogP contribution in [-0.2, 0) is 17.8 Å². The van der Waals surface area contributed by atoms with Gasteiger partial charge in [-0.1, -0.05) is 61.2 Å². The van der Waals surface area contributed by atoms with E-state index < -0.39 is 0 Å². The highest BCUT2D eigenvalue weighted by atomic mass is 32.2. The molecule has 5 nitrogen and oxygen atoms in total. The standard InChI is InChI=1S/C24H24N4OS2/c1-4-13-28-23(20-14-30-16(3)18(20)5-2)26-27-24(28)31-15-22(29)25-21-12-8-10-17-9-6-7-11-19(17)21/h4,6-12,14H,1,5,13,15H2,2-3H3,(H,25,29). The topological polar surface area (TPSA) is 59.8 Å². The molecule has 0 saturated carbocycles. The smallest absolute Gasteiger partial charge is 0.234 e. The van der Waals surface area contributed by atoms with Gasteiger partial charge in [0.25, 0.3) is 0 Å². The number of fused-ring (bicyclic) bond motifs is 1. The molecule has 7 heteroatoms. The first-order valence-electron chi connectivity index (χ1n) is 10.1. The third-order valence-corrected chi connectivity index (χ3v) is 7.04. The van der Waals surface area contributed by atoms with E-state index in [0.717, 1.165) is 34.3 Å². The van der Waals surface area contributed by atoms with Crippen molar-refractivity contribution in [1.82, 2.24) is 14.8 Å². The lowest BCUT2D eigenvalue weighted by Gasteiger charge is -2.10. The first-order chi connectivity index (χ1) is 15.1. The van der Waals surface area contributed by atoms with E-state index in [-0.39, 0.29) is 11.7 Å². The SMILES string of the molecule is C=CCn1c(SCC(=O)Nc2cccc3ccccc23)nnc1-c1csc(C)c1CC. The number of nitrogens with zero attached hydrogens (tertiary/aromatic N) is 3. The zero-order valence-electron chi connectivity index (χ0n) is 17.6. The van der Waals surface area contributed by atoms with Crippen LogP contribution in [-0.4, -0.2) is 26.4 Å². The zero-order valence-corrected chi connectivity index (χ0v) is 19.2. The molecule has 2 heterocycles. The number of nitrogens with one attached hydrogen (secondary N) is 1. The number of carbonyl (C=O) groups excluding carboxylic acids is 1. The fourth-order valence-electron chi connectivity index (χ4n) is 3.65. The molecule has 0 aliphatic carbocycles. The van der Waals surface area contributed by atoms with Gasteiger partial charge in [-0.25, -0.2) is 0 Å². The van der Waals surface area contributed by atoms with Crippen molar-refractivity contribution in [2.24, 2.45) is 0 Å². The van der Waals surface area contributed by atoms with E-state index in [0.29, 0.717) is 11.7 Å². The summed E-state index contributed by atoms with van der Waals surface area (Å²) in [6.45, 7) is 8.75. The van der Waals surface area contributed by atoms with Crippen molar-refractivity contribution < 1.29 is 4.79 Å². The van der Waals surface area contributed by atoms with Gasteiger partial charge >= 0.3 is 0 Å². The molecule has 0 bridgehead atoms. The summed E-state index contributed by atoms with van der Waals surface area (Å²) < 4.78 is 2.03. The molecule has 31 heavy (non-hydrogen) atoms. The van der Waals surface area contributed by atoms with Gasteiger partial charge in [-0.3, -0.25) is 9.36 Å². The van der Waals surface area contributed by atoms with Crippen LogP contribution >= 0.6 is 23.1 Å². The predicted octanol–water partition coefficient (Wildman–Crippen LogP) is 5.95. The van der Waals surface area contributed by atoms with Crippen LogP contribution in [0.25, 0.3) is 22.2 Å². The maximum absolute atomic E-state index is 12.7. The molecule has 2 aromatic heterocycles. The molecule has 4 rings (SSSR count). The van der Waals surface area contributed by atoms with E-state index in [1.54, 1.807) is 11.3 Å². The summed E-state index contributed by atoms with van der Waals surface area (Å²) in [6.07, 6.45) is 2.78. The minimum absolute atomic E-state index is 0.0725. The van der Waals surface area contributed by atoms with Crippen molar-refractivity contribution in [3.8, 4) is 11.4 Å². The molecule has 1 amide bonds. The minimum atomic E-state index is -0.0725. The number of aryl methyl sites for hydroxylation is 1. The Morgan fingerprint density at radius 3 is 2.84 bits per heavy atom. The second-order valence-electron chi connectivity index (χ2n) is 7.11. The molecule has 0 aliphatic rings. The molecule has 0 aliphatic heterocycles. The number of thioether (sulfide) groups is 1. The highest BCUT2D eigenvalue weighted by molar-refractivity contribution is 7.99. The van der Waals surface area contributed by atoms with Crippen molar-refractivity contribution in [2.75, 3.05) is 11.1 Å². The fourth-order valence-corrected chi connectivity index (χ4v) is 5.33. The molecule has 0 saturated heterocycles. The quantitative estimate of drug-likeness (QED) is 0.267. The molecular weight excluding hydrogens is 424 g/mol. The average molecular weight is 449 g/mol. The molecular formula is C24H24N4OS2. The van der Waals surface area contributed by atoms with E-state index in [2.05, 4.69) is 41.3 Å². The van der Waals surface area contributed by atoms with Gasteiger partial charge < -0.3 is 5.32 Å². The Labute approximate surface area is 190 Å². The highest BCUT2D eigenvalue weighted by Crippen LogP contribution is 2.32. The number of amides is 1. The van der Waals surface area contributed by atoms with E-state index in [1.807, 2.05) is 53.1 Å². The summed E-state index contributed by atoms with van der Waals surface area (Å²) >= 11 is 3.12. The minimum Gasteiger partial charge on any atom is -0.325 e. The van der Waals surface area contributed by atoms with Crippen molar-refractivity contribution in [1.29, 1.82) is 0 Å². The molecule has 0 unspecified atom stereocenters. The first kappa shape index (κ1) is 21.3. The third-order valence-electron chi connectivity index (χ3n) is 5.12. The molecule has 158 valence electrons. The maximum Gasteiger partial charge on any atom is 0.234 e. The van der Waals surface area contributed by atoms with Gasteiger partial charge in [0.15, 0.2) is 11.0 Å². The van der Waals surface area contributed by atoms with Crippen molar-refractivity contribution in [3.05, 3.63) is 70.9 Å². The summed E-state index contributed by atoms with van der Waals surface area (Å²) in [6, 6.07) is 13.9. The van der Waals surface area contributed by atoms with Crippen LogP contribution in [0.5, 0.6) is 0 Å². The number of hydrogen-bond acceptors (Lipinski definition) is 5. The molecule has 4 aromatic rings. The lowest BCUT2D eigenvalue weighted by Crippen LogP contribution is -2.15. The van der Waals surface area contributed by atoms with Gasteiger partial charge in [0.05, 0.1) is 5.75 Å². The second kappa shape index (κ2) is 9.49. The Morgan fingerprint density at radius 1 is 1.23 bits per heavy atom. The summed E-state index contributed by atoms with van der Waals surface area (Å²) in [5.74, 6) is 1.01. The van der Waals surface area contributed by atoms with Crippen LogP contribution in [0.1, 0.15) is 17.4 Å². The van der Waals surface area contributed by atoms with Gasteiger partial charge in [0.2, 0.25) is 5.91 Å². The molecule has 0 spiro atoms. The van der Waals surface area contributed by atoms with Crippen LogP contribution in [0, 0.1) is 6.92 Å². The van der Waals surface area contributed by atoms with Gasteiger partial charge in [-0.15, -0.1) is 28.1 Å². The number of allylic oxidation sites excluding steroid dienone is 1. The maximum atomic E-state index is 12.7. The van der Waals surface area contributed by atoms with Crippen molar-refractivity contribution in [2.45, 2.75) is 32.0 Å². The second-order valence-corrected chi connectivity index (χ2v) is 9.13. The summed E-state index contributed by atoms with van der Waals surface area (Å²) in [4.78, 5) is 14.0. The summed E-state index contributed by atoms with van der Waals surface area (Å²) in [7, 11) is 0. The number of thiophene rings is 1. The summed E-state index contributed by atoms with van der Waals surface area (Å²) in [5, 5.41) is 16.8. The third kappa shape index (κ3) is 4.43. The van der Waals surface area contributed by atoms with Gasteiger partial charge in [0.1, 0.15) is 0 Å². The fraction of sp³-hybridized carbons (Fsp3) is 0.208. The normalized spacial score (nSPS) is 11.0. The Hall–Kier alpha value is -2.90. The largest absolute Gasteiger partial charge is 0.325 e. The van der Waals surface area contributed by atoms with Gasteiger partial charge in [-0.2, -0.15) is 0 Å². The van der Waals surface area contributed by atoms with E-state index in [1.165, 1.54) is 22.2 Å². The highest BCUT2D eigenvalue weighted by Gasteiger charge is 2.19. The zero-order chi connectivity index (χ0) is 21.8. The van der Waals surface area contributed by atoms with Crippen LogP contribution in [0.2, 0.25) is 0 Å². The van der Waals surface area contributed by atoms with E-state index >= 15 is 0 Å². The Bertz CT molecular complexity index is 1240. The summed E-state index contributed by atoms with van der Waals surface area (Å²) in [5.41, 5.74) is 3.23. The number of anilines is 1. The Morgan fingerprint density at radius 2 is 2.03 bits per heavy atom. The average Bonchev–Trinajstić information content (AvgIpc) is 3.35. The number of hydrogen-bond donors (Lipinski definition) is 1. The van der Waals surface area contributed by atoms with E-state index in [4.69, 9.17) is 0 Å². The van der Waals surface area contributed by atoms with E-state index in [9.17, 15) is 4.79 Å². The molecule has 1 N–H and O–H groups in total. The van der Waals surface area contributed by atoms with Crippen LogP contribution in [0.3, 0.4) is 0 Å². The number of rotatable bonds is 8. The molecule has 2 aromatic carbocycles. The predicted molar refractivity (Wildman–Crippen MR) is 131 cm³/mol. The Kier molecular flexibility index (Phi) is 6.53. The number of carbonyl (C=O) groups is 1. The van der Waals surface area contributed by atoms with Crippen LogP contribution in [0.4, 0.5) is 5.69 Å². The van der Waals surface area contributed by atoms with Gasteiger partial charge in [-0.05, 0) is 30.4 Å². The van der Waals surface area contributed by atoms with Crippen molar-refractivity contribution >= 4 is 45.5 Å².